The summed E-state index contributed by atoms with van der Waals surface area (Å²) in [5, 5.41) is 21.8. The van der Waals surface area contributed by atoms with Gasteiger partial charge in [-0.2, -0.15) is 0 Å². The Morgan fingerprint density at radius 3 is 2.66 bits per heavy atom. The number of phenolic OH excluding ortho intramolecular Hbond substituents is 1. The van der Waals surface area contributed by atoms with E-state index in [9.17, 15) is 19.8 Å². The fraction of sp³-hybridized carbons (Fsp3) is 0.308. The molecule has 1 amide bonds. The molecule has 0 fully saturated rings. The van der Waals surface area contributed by atoms with Crippen molar-refractivity contribution in [2.45, 2.75) is 32.4 Å². The Morgan fingerprint density at radius 1 is 1.20 bits per heavy atom. The number of hydrogen-bond donors (Lipinski definition) is 2. The van der Waals surface area contributed by atoms with E-state index in [-0.39, 0.29) is 29.7 Å². The van der Waals surface area contributed by atoms with Crippen molar-refractivity contribution >= 4 is 34.3 Å². The molecule has 0 radical (unpaired) electrons. The summed E-state index contributed by atoms with van der Waals surface area (Å²) >= 11 is 6.14. The first-order valence-corrected chi connectivity index (χ1v) is 11.6. The van der Waals surface area contributed by atoms with Crippen molar-refractivity contribution in [3.05, 3.63) is 70.1 Å². The largest absolute Gasteiger partial charge is 0.508 e. The third-order valence-corrected chi connectivity index (χ3v) is 5.94. The fourth-order valence-electron chi connectivity index (χ4n) is 4.19. The van der Waals surface area contributed by atoms with E-state index in [0.29, 0.717) is 40.3 Å². The predicted octanol–water partition coefficient (Wildman–Crippen LogP) is 5.19. The molecule has 0 bridgehead atoms. The van der Waals surface area contributed by atoms with Crippen LogP contribution in [0.4, 0.5) is 0 Å². The number of carbonyl (C=O) groups is 2. The maximum absolute atomic E-state index is 13.6. The lowest BCUT2D eigenvalue weighted by molar-refractivity contribution is -0.129. The third kappa shape index (κ3) is 4.85. The van der Waals surface area contributed by atoms with Crippen molar-refractivity contribution in [2.75, 3.05) is 20.3 Å². The Bertz CT molecular complexity index is 1310. The molecule has 1 atom stereocenters. The number of furan rings is 1. The minimum atomic E-state index is -0.917. The summed E-state index contributed by atoms with van der Waals surface area (Å²) in [4.78, 5) is 28.1. The lowest BCUT2D eigenvalue weighted by Crippen LogP contribution is -2.32. The van der Waals surface area contributed by atoms with Gasteiger partial charge in [0.1, 0.15) is 5.75 Å². The van der Waals surface area contributed by atoms with Gasteiger partial charge < -0.3 is 29.0 Å². The summed E-state index contributed by atoms with van der Waals surface area (Å²) in [5.74, 6) is -1.74. The number of rotatable bonds is 9. The molecule has 9 heteroatoms. The van der Waals surface area contributed by atoms with Crippen molar-refractivity contribution in [1.29, 1.82) is 0 Å². The zero-order valence-corrected chi connectivity index (χ0v) is 20.3. The number of amides is 1. The molecule has 1 unspecified atom stereocenters. The molecule has 2 N–H and O–H groups in total. The molecule has 0 aliphatic carbocycles. The van der Waals surface area contributed by atoms with Crippen LogP contribution in [0.15, 0.2) is 58.2 Å². The molecule has 0 saturated heterocycles. The summed E-state index contributed by atoms with van der Waals surface area (Å²) in [5.41, 5.74) is 0.669. The van der Waals surface area contributed by atoms with Crippen LogP contribution in [0, 0.1) is 0 Å². The Labute approximate surface area is 207 Å². The Morgan fingerprint density at radius 2 is 1.97 bits per heavy atom. The Kier molecular flexibility index (Phi) is 7.05. The number of carbonyl (C=O) groups excluding carboxylic acids is 2. The highest BCUT2D eigenvalue weighted by molar-refractivity contribution is 6.31. The van der Waals surface area contributed by atoms with Crippen molar-refractivity contribution in [2.24, 2.45) is 0 Å². The average Bonchev–Trinajstić information content (AvgIpc) is 3.35. The molecule has 1 aliphatic rings. The minimum absolute atomic E-state index is 0.0284. The van der Waals surface area contributed by atoms with Gasteiger partial charge in [-0.3, -0.25) is 9.59 Å². The molecule has 2 aromatic carbocycles. The van der Waals surface area contributed by atoms with Crippen LogP contribution in [0.5, 0.6) is 11.5 Å². The topological polar surface area (TPSA) is 109 Å². The fourth-order valence-corrected chi connectivity index (χ4v) is 4.41. The maximum Gasteiger partial charge on any atom is 0.290 e. The number of ketones is 1. The van der Waals surface area contributed by atoms with E-state index >= 15 is 0 Å². The number of ether oxygens (including phenoxy) is 2. The number of benzene rings is 2. The molecule has 8 nitrogen and oxygen atoms in total. The number of halogens is 1. The highest BCUT2D eigenvalue weighted by atomic mass is 35.5. The number of aliphatic hydroxyl groups is 1. The van der Waals surface area contributed by atoms with Crippen LogP contribution in [0.25, 0.3) is 11.0 Å². The predicted molar refractivity (Wildman–Crippen MR) is 130 cm³/mol. The molecule has 1 aromatic heterocycles. The number of phenols is 1. The van der Waals surface area contributed by atoms with E-state index in [1.807, 2.05) is 13.8 Å². The van der Waals surface area contributed by atoms with Crippen molar-refractivity contribution in [1.82, 2.24) is 4.90 Å². The van der Waals surface area contributed by atoms with Crippen LogP contribution in [-0.2, 0) is 9.53 Å². The van der Waals surface area contributed by atoms with Gasteiger partial charge in [-0.15, -0.1) is 0 Å². The van der Waals surface area contributed by atoms with Gasteiger partial charge >= 0.3 is 0 Å². The first kappa shape index (κ1) is 24.6. The summed E-state index contributed by atoms with van der Waals surface area (Å²) in [6, 6.07) is 10.0. The lowest BCUT2D eigenvalue weighted by Gasteiger charge is -2.27. The second-order valence-electron chi connectivity index (χ2n) is 8.50. The summed E-state index contributed by atoms with van der Waals surface area (Å²) < 4.78 is 16.7. The van der Waals surface area contributed by atoms with Gasteiger partial charge in [0.25, 0.3) is 5.91 Å². The number of nitrogens with zero attached hydrogens (tertiary/aromatic N) is 1. The van der Waals surface area contributed by atoms with Crippen molar-refractivity contribution < 1.29 is 33.7 Å². The quantitative estimate of drug-likeness (QED) is 0.308. The normalized spacial score (nSPS) is 16.1. The van der Waals surface area contributed by atoms with E-state index in [4.69, 9.17) is 25.5 Å². The molecule has 35 heavy (non-hydrogen) atoms. The van der Waals surface area contributed by atoms with E-state index < -0.39 is 23.5 Å². The standard InChI is InChI=1S/C26H26ClNO7/c1-14(2)34-9-5-8-28-22(15-6-4-7-18(29)11-15)21(24(31)26(28)32)23(30)19-12-16-10-17(27)13-20(33-3)25(16)35-19/h4,6-7,10-14,22,29,31H,5,8-9H2,1-3H3. The Hall–Kier alpha value is -3.49. The minimum Gasteiger partial charge on any atom is -0.508 e. The Balaban J connectivity index is 1.74. The van der Waals surface area contributed by atoms with Crippen LogP contribution >= 0.6 is 11.6 Å². The monoisotopic (exact) mass is 499 g/mol. The van der Waals surface area contributed by atoms with Gasteiger partial charge in [0, 0.05) is 29.6 Å². The molecule has 2 heterocycles. The van der Waals surface area contributed by atoms with Gasteiger partial charge in [0.2, 0.25) is 5.78 Å². The van der Waals surface area contributed by atoms with E-state index in [2.05, 4.69) is 0 Å². The molecular weight excluding hydrogens is 474 g/mol. The second-order valence-corrected chi connectivity index (χ2v) is 8.93. The van der Waals surface area contributed by atoms with Crippen molar-refractivity contribution in [3.63, 3.8) is 0 Å². The van der Waals surface area contributed by atoms with E-state index in [1.165, 1.54) is 30.2 Å². The summed E-state index contributed by atoms with van der Waals surface area (Å²) in [7, 11) is 1.46. The molecule has 1 aliphatic heterocycles. The van der Waals surface area contributed by atoms with Crippen LogP contribution in [0.2, 0.25) is 5.02 Å². The first-order chi connectivity index (χ1) is 16.7. The zero-order valence-electron chi connectivity index (χ0n) is 19.6. The van der Waals surface area contributed by atoms with Crippen LogP contribution in [0.1, 0.15) is 42.4 Å². The van der Waals surface area contributed by atoms with E-state index in [0.717, 1.165) is 0 Å². The van der Waals surface area contributed by atoms with E-state index in [1.54, 1.807) is 24.3 Å². The molecule has 3 aromatic rings. The van der Waals surface area contributed by atoms with Gasteiger partial charge in [0.15, 0.2) is 22.9 Å². The van der Waals surface area contributed by atoms with Gasteiger partial charge in [-0.25, -0.2) is 0 Å². The lowest BCUT2D eigenvalue weighted by atomic mass is 9.94. The van der Waals surface area contributed by atoms with Crippen LogP contribution < -0.4 is 4.74 Å². The average molecular weight is 500 g/mol. The molecular formula is C26H26ClNO7. The van der Waals surface area contributed by atoms with Gasteiger partial charge in [0.05, 0.1) is 24.8 Å². The van der Waals surface area contributed by atoms with Crippen LogP contribution in [0.3, 0.4) is 0 Å². The van der Waals surface area contributed by atoms with Crippen molar-refractivity contribution in [3.8, 4) is 11.5 Å². The number of methoxy groups -OCH3 is 1. The number of aromatic hydroxyl groups is 1. The number of hydrogen-bond acceptors (Lipinski definition) is 7. The zero-order chi connectivity index (χ0) is 25.3. The highest BCUT2D eigenvalue weighted by Crippen LogP contribution is 2.41. The molecule has 0 spiro atoms. The smallest absolute Gasteiger partial charge is 0.290 e. The SMILES string of the molecule is COc1cc(Cl)cc2cc(C(=O)C3=C(O)C(=O)N(CCCOC(C)C)C3c3cccc(O)c3)oc12. The number of fused-ring (bicyclic) bond motifs is 1. The maximum atomic E-state index is 13.6. The number of aliphatic hydroxyl groups excluding tert-OH is 1. The molecule has 184 valence electrons. The summed E-state index contributed by atoms with van der Waals surface area (Å²) in [6.07, 6.45) is 0.530. The van der Waals surface area contributed by atoms with Gasteiger partial charge in [-0.1, -0.05) is 23.7 Å². The van der Waals surface area contributed by atoms with Gasteiger partial charge in [-0.05, 0) is 50.1 Å². The molecule has 0 saturated carbocycles. The third-order valence-electron chi connectivity index (χ3n) is 5.72. The number of Topliss-reactive ketones (excluding diaryl/α,β-unsaturated/α-hetero) is 1. The highest BCUT2D eigenvalue weighted by Gasteiger charge is 2.44. The summed E-state index contributed by atoms with van der Waals surface area (Å²) in [6.45, 7) is 4.46. The van der Waals surface area contributed by atoms with Crippen LogP contribution in [-0.4, -0.2) is 53.2 Å². The second kappa shape index (κ2) is 10.0. The first-order valence-electron chi connectivity index (χ1n) is 11.2. The molecule has 4 rings (SSSR count).